The van der Waals surface area contributed by atoms with Gasteiger partial charge in [-0.3, -0.25) is 14.9 Å². The van der Waals surface area contributed by atoms with Crippen molar-refractivity contribution in [3.05, 3.63) is 116 Å². The molecule has 0 saturated carbocycles. The summed E-state index contributed by atoms with van der Waals surface area (Å²) in [7, 11) is 4.91. The molecule has 4 atom stereocenters. The number of cyclic esters (lactones) is 1. The second-order valence-electron chi connectivity index (χ2n) is 12.6. The molecule has 0 spiro atoms. The Morgan fingerprint density at radius 2 is 1.32 bits per heavy atom. The molecule has 2 aliphatic heterocycles. The van der Waals surface area contributed by atoms with Crippen molar-refractivity contribution >= 4 is 35.5 Å². The van der Waals surface area contributed by atoms with E-state index in [9.17, 15) is 34.1 Å². The van der Waals surface area contributed by atoms with Crippen LogP contribution in [-0.2, 0) is 23.7 Å². The van der Waals surface area contributed by atoms with Crippen molar-refractivity contribution in [2.24, 2.45) is 11.8 Å². The molecule has 0 unspecified atom stereocenters. The summed E-state index contributed by atoms with van der Waals surface area (Å²) in [6, 6.07) is 15.7. The first-order chi connectivity index (χ1) is 27.0. The van der Waals surface area contributed by atoms with Crippen LogP contribution in [0.25, 0.3) is 0 Å². The minimum atomic E-state index is -1.25. The van der Waals surface area contributed by atoms with Crippen molar-refractivity contribution < 1.29 is 71.5 Å². The highest BCUT2D eigenvalue weighted by Gasteiger charge is 2.54. The predicted molar refractivity (Wildman–Crippen MR) is 187 cm³/mol. The van der Waals surface area contributed by atoms with Gasteiger partial charge >= 0.3 is 29.8 Å². The van der Waals surface area contributed by atoms with Crippen LogP contribution in [-0.4, -0.2) is 76.6 Å². The maximum atomic E-state index is 14.0. The van der Waals surface area contributed by atoms with Gasteiger partial charge in [-0.25, -0.2) is 19.2 Å². The third-order valence-electron chi connectivity index (χ3n) is 9.79. The molecule has 17 heteroatoms. The van der Waals surface area contributed by atoms with E-state index >= 15 is 0 Å². The molecule has 0 aromatic heterocycles. The number of benzene rings is 4. The van der Waals surface area contributed by atoms with E-state index in [1.807, 2.05) is 0 Å². The number of nitrogens with zero attached hydrogens (tertiary/aromatic N) is 1. The zero-order valence-electron chi connectivity index (χ0n) is 30.1. The fourth-order valence-corrected chi connectivity index (χ4v) is 7.30. The molecule has 0 radical (unpaired) electrons. The molecular weight excluding hydrogens is 738 g/mol. The second-order valence-corrected chi connectivity index (χ2v) is 12.6. The molecule has 0 N–H and O–H groups in total. The summed E-state index contributed by atoms with van der Waals surface area (Å²) >= 11 is 0. The molecule has 1 fully saturated rings. The molecular formula is C39H31NO16. The molecule has 4 aromatic rings. The van der Waals surface area contributed by atoms with E-state index in [4.69, 9.17) is 42.6 Å². The number of nitro groups is 1. The Balaban J connectivity index is 1.34. The molecule has 7 rings (SSSR count). The lowest BCUT2D eigenvalue weighted by molar-refractivity contribution is -0.385. The summed E-state index contributed by atoms with van der Waals surface area (Å²) < 4.78 is 49.7. The summed E-state index contributed by atoms with van der Waals surface area (Å²) in [5.74, 6) is -6.73. The zero-order valence-corrected chi connectivity index (χ0v) is 30.1. The third-order valence-corrected chi connectivity index (χ3v) is 9.79. The van der Waals surface area contributed by atoms with Gasteiger partial charge in [-0.2, -0.15) is 0 Å². The molecule has 288 valence electrons. The number of nitro benzene ring substituents is 1. The summed E-state index contributed by atoms with van der Waals surface area (Å²) in [5.41, 5.74) is -0.611. The number of esters is 5. The van der Waals surface area contributed by atoms with Gasteiger partial charge in [-0.05, 0) is 53.6 Å². The number of hydrogen-bond acceptors (Lipinski definition) is 16. The molecule has 56 heavy (non-hydrogen) atoms. The van der Waals surface area contributed by atoms with Crippen LogP contribution in [0.3, 0.4) is 0 Å². The van der Waals surface area contributed by atoms with Gasteiger partial charge in [-0.15, -0.1) is 0 Å². The van der Waals surface area contributed by atoms with Crippen molar-refractivity contribution in [3.63, 3.8) is 0 Å². The van der Waals surface area contributed by atoms with Crippen LogP contribution in [0.1, 0.15) is 70.1 Å². The third kappa shape index (κ3) is 6.31. The molecule has 1 saturated heterocycles. The molecule has 1 aliphatic carbocycles. The number of hydrogen-bond donors (Lipinski definition) is 0. The molecule has 3 aliphatic rings. The Morgan fingerprint density at radius 1 is 0.732 bits per heavy atom. The maximum absolute atomic E-state index is 14.0. The minimum Gasteiger partial charge on any atom is -0.493 e. The van der Waals surface area contributed by atoms with Gasteiger partial charge in [0.15, 0.2) is 28.6 Å². The van der Waals surface area contributed by atoms with Crippen LogP contribution in [0.5, 0.6) is 28.7 Å². The fraction of sp³-hybridized carbons (Fsp3) is 0.256. The number of rotatable bonds is 10. The van der Waals surface area contributed by atoms with E-state index in [2.05, 4.69) is 0 Å². The van der Waals surface area contributed by atoms with Crippen molar-refractivity contribution in [1.82, 2.24) is 0 Å². The summed E-state index contributed by atoms with van der Waals surface area (Å²) in [4.78, 5) is 77.4. The largest absolute Gasteiger partial charge is 0.493 e. The van der Waals surface area contributed by atoms with E-state index in [1.54, 1.807) is 36.4 Å². The smallest absolute Gasteiger partial charge is 0.346 e. The lowest BCUT2D eigenvalue weighted by Gasteiger charge is -2.38. The van der Waals surface area contributed by atoms with E-state index < -0.39 is 75.4 Å². The van der Waals surface area contributed by atoms with Crippen molar-refractivity contribution in [1.29, 1.82) is 0 Å². The normalized spacial score (nSPS) is 18.8. The second kappa shape index (κ2) is 14.9. The van der Waals surface area contributed by atoms with E-state index in [-0.39, 0.29) is 41.8 Å². The molecule has 17 nitrogen and oxygen atoms in total. The van der Waals surface area contributed by atoms with E-state index in [0.29, 0.717) is 28.2 Å². The topological polar surface area (TPSA) is 212 Å². The van der Waals surface area contributed by atoms with Gasteiger partial charge in [0, 0.05) is 23.5 Å². The summed E-state index contributed by atoms with van der Waals surface area (Å²) in [5, 5.41) is 12.0. The lowest BCUT2D eigenvalue weighted by Crippen LogP contribution is -2.37. The quantitative estimate of drug-likeness (QED) is 0.0685. The zero-order chi connectivity index (χ0) is 39.8. The van der Waals surface area contributed by atoms with Crippen LogP contribution in [0.2, 0.25) is 0 Å². The van der Waals surface area contributed by atoms with Gasteiger partial charge in [-0.1, -0.05) is 18.2 Å². The average Bonchev–Trinajstić information content (AvgIpc) is 3.84. The monoisotopic (exact) mass is 769 g/mol. The highest BCUT2D eigenvalue weighted by atomic mass is 16.7. The van der Waals surface area contributed by atoms with Crippen LogP contribution in [0.15, 0.2) is 66.7 Å². The average molecular weight is 770 g/mol. The predicted octanol–water partition coefficient (Wildman–Crippen LogP) is 4.97. The van der Waals surface area contributed by atoms with Crippen LogP contribution >= 0.6 is 0 Å². The van der Waals surface area contributed by atoms with E-state index in [0.717, 1.165) is 13.2 Å². The van der Waals surface area contributed by atoms with Crippen LogP contribution < -0.4 is 23.7 Å². The first-order valence-electron chi connectivity index (χ1n) is 16.8. The van der Waals surface area contributed by atoms with Gasteiger partial charge in [0.2, 0.25) is 12.5 Å². The Hall–Kier alpha value is -7.17. The standard InChI is InChI=1S/C39H31NO16/c1-48-28-12-18(13-29(49-2)34(28)56-37(43)20-9-6-5-8-19(20)35(41)50-3)30-22-14-26-27(54-17-53-26)15-23(22)33(24-16-52-38(44)32(24)30)55-39(45)31-21(36(42)51-4)10-7-11-25(31)40(46)47/h5-15,24,30,32-33H,16-17H2,1-4H3/t24-,30+,32-,33+/m0/s1. The van der Waals surface area contributed by atoms with E-state index in [1.165, 1.54) is 45.6 Å². The number of methoxy groups -OCH3 is 4. The number of fused-ring (bicyclic) bond motifs is 3. The van der Waals surface area contributed by atoms with Gasteiger partial charge in [0.05, 0.1) is 62.6 Å². The molecule has 0 bridgehead atoms. The number of ether oxygens (including phenoxy) is 9. The highest BCUT2D eigenvalue weighted by Crippen LogP contribution is 2.57. The van der Waals surface area contributed by atoms with Gasteiger partial charge < -0.3 is 42.6 Å². The fourth-order valence-electron chi connectivity index (χ4n) is 7.30. The van der Waals surface area contributed by atoms with Crippen molar-refractivity contribution in [2.45, 2.75) is 12.0 Å². The first kappa shape index (κ1) is 37.2. The Morgan fingerprint density at radius 3 is 1.93 bits per heavy atom. The SMILES string of the molecule is COC(=O)c1ccccc1C(=O)Oc1c(OC)cc([C@@H]2c3cc4c(cc3[C@@H](OC(=O)c3c(C(=O)OC)cccc3[N+](=O)[O-])[C@H]3COC(=O)[C@H]23)OCO4)cc1OC. The maximum Gasteiger partial charge on any atom is 0.346 e. The molecule has 0 amide bonds. The summed E-state index contributed by atoms with van der Waals surface area (Å²) in [6.45, 7) is -0.335. The van der Waals surface area contributed by atoms with Crippen molar-refractivity contribution in [3.8, 4) is 28.7 Å². The lowest BCUT2D eigenvalue weighted by atomic mass is 9.66. The minimum absolute atomic E-state index is 0.0220. The Bertz CT molecular complexity index is 2290. The Labute approximate surface area is 317 Å². The van der Waals surface area contributed by atoms with Crippen LogP contribution in [0, 0.1) is 22.0 Å². The van der Waals surface area contributed by atoms with Gasteiger partial charge in [0.1, 0.15) is 6.10 Å². The number of carbonyl (C=O) groups is 5. The first-order valence-corrected chi connectivity index (χ1v) is 16.8. The molecule has 4 aromatic carbocycles. The highest BCUT2D eigenvalue weighted by molar-refractivity contribution is 6.06. The van der Waals surface area contributed by atoms with Crippen LogP contribution in [0.4, 0.5) is 5.69 Å². The molecule has 2 heterocycles. The van der Waals surface area contributed by atoms with Crippen molar-refractivity contribution in [2.75, 3.05) is 41.8 Å². The number of carbonyl (C=O) groups excluding carboxylic acids is 5. The van der Waals surface area contributed by atoms with Gasteiger partial charge in [0.25, 0.3) is 5.69 Å². The Kier molecular flexibility index (Phi) is 9.90. The summed E-state index contributed by atoms with van der Waals surface area (Å²) in [6.07, 6.45) is -1.25.